The predicted molar refractivity (Wildman–Crippen MR) is 76.8 cm³/mol. The maximum atomic E-state index is 14.3. The molecule has 3 rings (SSSR count). The predicted octanol–water partition coefficient (Wildman–Crippen LogP) is 0.853. The summed E-state index contributed by atoms with van der Waals surface area (Å²) in [5.74, 6) is -0.636. The molecule has 1 aromatic rings. The Hall–Kier alpha value is -2.84. The van der Waals surface area contributed by atoms with Gasteiger partial charge in [0.2, 0.25) is 6.41 Å². The van der Waals surface area contributed by atoms with Gasteiger partial charge in [-0.1, -0.05) is 0 Å². The fourth-order valence-electron chi connectivity index (χ4n) is 2.51. The molecule has 2 fully saturated rings. The SMILES string of the molecule is O=CNC[C@H]1CN(c2ccc(N3CCOC3=O)c(F)c2)C(=O)O1. The van der Waals surface area contributed by atoms with Gasteiger partial charge in [0.05, 0.1) is 31.0 Å². The summed E-state index contributed by atoms with van der Waals surface area (Å²) in [7, 11) is 0. The third-order valence-electron chi connectivity index (χ3n) is 3.60. The molecule has 0 saturated carbocycles. The van der Waals surface area contributed by atoms with Crippen LogP contribution in [0.15, 0.2) is 18.2 Å². The second-order valence-corrected chi connectivity index (χ2v) is 5.04. The van der Waals surface area contributed by atoms with Gasteiger partial charge in [-0.3, -0.25) is 14.6 Å². The molecule has 0 aromatic heterocycles. The molecule has 1 atom stereocenters. The van der Waals surface area contributed by atoms with Crippen molar-refractivity contribution in [3.63, 3.8) is 0 Å². The number of hydrogen-bond donors (Lipinski definition) is 1. The van der Waals surface area contributed by atoms with E-state index in [0.717, 1.165) is 6.07 Å². The summed E-state index contributed by atoms with van der Waals surface area (Å²) in [6, 6.07) is 4.11. The number of hydrogen-bond acceptors (Lipinski definition) is 5. The van der Waals surface area contributed by atoms with Crippen molar-refractivity contribution in [2.75, 3.05) is 36.0 Å². The molecule has 1 aromatic carbocycles. The van der Waals surface area contributed by atoms with Gasteiger partial charge in [-0.25, -0.2) is 14.0 Å². The van der Waals surface area contributed by atoms with Gasteiger partial charge in [0.15, 0.2) is 0 Å². The van der Waals surface area contributed by atoms with Crippen LogP contribution in [0.1, 0.15) is 0 Å². The summed E-state index contributed by atoms with van der Waals surface area (Å²) >= 11 is 0. The first-order valence-electron chi connectivity index (χ1n) is 6.99. The quantitative estimate of drug-likeness (QED) is 0.812. The summed E-state index contributed by atoms with van der Waals surface area (Å²) in [5.41, 5.74) is 0.417. The standard InChI is InChI=1S/C14H14FN3O5/c15-11-5-9(1-2-12(11)17-3-4-22-13(17)20)18-7-10(6-16-8-19)23-14(18)21/h1-2,5,8,10H,3-4,6-7H2,(H,16,19)/t10-/m0/s1. The Labute approximate surface area is 130 Å². The van der Waals surface area contributed by atoms with Crippen molar-refractivity contribution >= 4 is 30.0 Å². The number of carbonyl (C=O) groups excluding carboxylic acids is 3. The Morgan fingerprint density at radius 3 is 2.78 bits per heavy atom. The normalized spacial score (nSPS) is 20.5. The highest BCUT2D eigenvalue weighted by Gasteiger charge is 2.33. The molecule has 122 valence electrons. The smallest absolute Gasteiger partial charge is 0.414 e. The molecule has 2 heterocycles. The lowest BCUT2D eigenvalue weighted by Gasteiger charge is -2.17. The van der Waals surface area contributed by atoms with Crippen molar-refractivity contribution in [3.8, 4) is 0 Å². The largest absolute Gasteiger partial charge is 0.447 e. The van der Waals surface area contributed by atoms with Crippen LogP contribution >= 0.6 is 0 Å². The van der Waals surface area contributed by atoms with Crippen LogP contribution in [0.3, 0.4) is 0 Å². The van der Waals surface area contributed by atoms with Gasteiger partial charge < -0.3 is 14.8 Å². The number of benzene rings is 1. The Morgan fingerprint density at radius 2 is 2.13 bits per heavy atom. The van der Waals surface area contributed by atoms with E-state index in [9.17, 15) is 18.8 Å². The van der Waals surface area contributed by atoms with Crippen molar-refractivity contribution in [1.29, 1.82) is 0 Å². The molecule has 2 saturated heterocycles. The number of ether oxygens (including phenoxy) is 2. The maximum Gasteiger partial charge on any atom is 0.414 e. The lowest BCUT2D eigenvalue weighted by Crippen LogP contribution is -2.30. The monoisotopic (exact) mass is 323 g/mol. The van der Waals surface area contributed by atoms with Gasteiger partial charge >= 0.3 is 12.2 Å². The minimum absolute atomic E-state index is 0.1000. The number of anilines is 2. The first kappa shape index (κ1) is 15.1. The Kier molecular flexibility index (Phi) is 4.00. The number of halogens is 1. The average Bonchev–Trinajstić information content (AvgIpc) is 3.11. The molecular formula is C14H14FN3O5. The highest BCUT2D eigenvalue weighted by Crippen LogP contribution is 2.29. The van der Waals surface area contributed by atoms with E-state index in [1.807, 2.05) is 0 Å². The molecule has 0 spiro atoms. The van der Waals surface area contributed by atoms with Crippen LogP contribution in [0, 0.1) is 5.82 Å². The van der Waals surface area contributed by atoms with Crippen LogP contribution in [0.25, 0.3) is 0 Å². The van der Waals surface area contributed by atoms with E-state index in [1.165, 1.54) is 21.9 Å². The van der Waals surface area contributed by atoms with Crippen molar-refractivity contribution in [3.05, 3.63) is 24.0 Å². The first-order chi connectivity index (χ1) is 11.1. The van der Waals surface area contributed by atoms with E-state index in [2.05, 4.69) is 5.32 Å². The van der Waals surface area contributed by atoms with Crippen LogP contribution in [0.2, 0.25) is 0 Å². The second kappa shape index (κ2) is 6.11. The van der Waals surface area contributed by atoms with Crippen LogP contribution < -0.4 is 15.1 Å². The molecule has 0 unspecified atom stereocenters. The molecular weight excluding hydrogens is 309 g/mol. The topological polar surface area (TPSA) is 88.2 Å². The van der Waals surface area contributed by atoms with Gasteiger partial charge in [0.1, 0.15) is 18.5 Å². The summed E-state index contributed by atoms with van der Waals surface area (Å²) in [4.78, 5) is 36.0. The van der Waals surface area contributed by atoms with Gasteiger partial charge in [-0.05, 0) is 18.2 Å². The fourth-order valence-corrected chi connectivity index (χ4v) is 2.51. The van der Waals surface area contributed by atoms with Gasteiger partial charge in [-0.15, -0.1) is 0 Å². The summed E-state index contributed by atoms with van der Waals surface area (Å²) in [5, 5.41) is 2.43. The minimum Gasteiger partial charge on any atom is -0.447 e. The average molecular weight is 323 g/mol. The summed E-state index contributed by atoms with van der Waals surface area (Å²) < 4.78 is 24.1. The van der Waals surface area contributed by atoms with Gasteiger partial charge in [-0.2, -0.15) is 0 Å². The summed E-state index contributed by atoms with van der Waals surface area (Å²) in [6.07, 6.45) is -1.20. The highest BCUT2D eigenvalue weighted by molar-refractivity contribution is 5.92. The zero-order valence-electron chi connectivity index (χ0n) is 12.0. The molecule has 0 bridgehead atoms. The molecule has 0 aliphatic carbocycles. The van der Waals surface area contributed by atoms with Crippen molar-refractivity contribution in [2.24, 2.45) is 0 Å². The Morgan fingerprint density at radius 1 is 1.30 bits per heavy atom. The number of amides is 3. The Bertz CT molecular complexity index is 653. The third-order valence-corrected chi connectivity index (χ3v) is 3.60. The lowest BCUT2D eigenvalue weighted by molar-refractivity contribution is -0.109. The van der Waals surface area contributed by atoms with Crippen molar-refractivity contribution in [2.45, 2.75) is 6.10 Å². The summed E-state index contributed by atoms with van der Waals surface area (Å²) in [6.45, 7) is 0.875. The van der Waals surface area contributed by atoms with Gasteiger partial charge in [0, 0.05) is 0 Å². The van der Waals surface area contributed by atoms with Crippen LogP contribution in [-0.4, -0.2) is 50.9 Å². The third kappa shape index (κ3) is 2.89. The Balaban J connectivity index is 1.76. The molecule has 9 heteroatoms. The maximum absolute atomic E-state index is 14.3. The van der Waals surface area contributed by atoms with Crippen molar-refractivity contribution < 1.29 is 28.2 Å². The number of rotatable bonds is 5. The molecule has 8 nitrogen and oxygen atoms in total. The van der Waals surface area contributed by atoms with E-state index in [-0.39, 0.29) is 31.9 Å². The first-order valence-corrected chi connectivity index (χ1v) is 6.99. The zero-order valence-corrected chi connectivity index (χ0v) is 12.0. The fraction of sp³-hybridized carbons (Fsp3) is 0.357. The highest BCUT2D eigenvalue weighted by atomic mass is 19.1. The van der Waals surface area contributed by atoms with E-state index >= 15 is 0 Å². The van der Waals surface area contributed by atoms with Crippen LogP contribution in [0.4, 0.5) is 25.4 Å². The molecule has 0 radical (unpaired) electrons. The molecule has 3 amide bonds. The lowest BCUT2D eigenvalue weighted by atomic mass is 10.2. The van der Waals surface area contributed by atoms with E-state index in [1.54, 1.807) is 0 Å². The van der Waals surface area contributed by atoms with E-state index in [0.29, 0.717) is 12.1 Å². The number of nitrogens with zero attached hydrogens (tertiary/aromatic N) is 2. The number of carbonyl (C=O) groups is 3. The molecule has 2 aliphatic heterocycles. The van der Waals surface area contributed by atoms with E-state index < -0.39 is 24.1 Å². The van der Waals surface area contributed by atoms with Crippen LogP contribution in [0.5, 0.6) is 0 Å². The zero-order chi connectivity index (χ0) is 16.4. The molecule has 1 N–H and O–H groups in total. The number of nitrogens with one attached hydrogen (secondary N) is 1. The minimum atomic E-state index is -0.636. The van der Waals surface area contributed by atoms with Crippen molar-refractivity contribution in [1.82, 2.24) is 5.32 Å². The number of cyclic esters (lactones) is 2. The van der Waals surface area contributed by atoms with Gasteiger partial charge in [0.25, 0.3) is 0 Å². The van der Waals surface area contributed by atoms with Crippen LogP contribution in [-0.2, 0) is 14.3 Å². The molecule has 23 heavy (non-hydrogen) atoms. The van der Waals surface area contributed by atoms with E-state index in [4.69, 9.17) is 9.47 Å². The second-order valence-electron chi connectivity index (χ2n) is 5.04. The molecule has 2 aliphatic rings.